The number of ether oxygens (including phenoxy) is 2. The fraction of sp³-hybridized carbons (Fsp3) is 0.308. The van der Waals surface area contributed by atoms with Gasteiger partial charge in [0.25, 0.3) is 6.71 Å². The van der Waals surface area contributed by atoms with E-state index in [4.69, 9.17) is 23.4 Å². The van der Waals surface area contributed by atoms with Gasteiger partial charge in [0.05, 0.1) is 11.0 Å². The van der Waals surface area contributed by atoms with Crippen LogP contribution in [-0.4, -0.2) is 6.71 Å². The number of nitrogens with two attached hydrogens (primary N) is 1. The largest absolute Gasteiger partial charge is 0.458 e. The first-order valence-corrected chi connectivity index (χ1v) is 9.97. The fourth-order valence-electron chi connectivity index (χ4n) is 3.71. The van der Waals surface area contributed by atoms with Crippen LogP contribution in [0.1, 0.15) is 63.6 Å². The highest BCUT2D eigenvalue weighted by Gasteiger charge is 2.41. The van der Waals surface area contributed by atoms with E-state index in [2.05, 4.69) is 0 Å². The average Bonchev–Trinajstić information content (AvgIpc) is 2.80. The smallest absolute Gasteiger partial charge is 0.260 e. The molecule has 0 saturated carbocycles. The topological polar surface area (TPSA) is 44.5 Å². The van der Waals surface area contributed by atoms with Gasteiger partial charge in [0.15, 0.2) is 0 Å². The van der Waals surface area contributed by atoms with Gasteiger partial charge in [-0.05, 0) is 45.0 Å². The molecule has 2 aliphatic rings. The quantitative estimate of drug-likeness (QED) is 0.303. The molecule has 0 fully saturated rings. The van der Waals surface area contributed by atoms with Crippen LogP contribution in [0, 0.1) is 0 Å². The molecule has 0 amide bonds. The Bertz CT molecular complexity index is 1480. The lowest BCUT2D eigenvalue weighted by Crippen LogP contribution is -2.57. The molecule has 0 aromatic heterocycles. The standard InChI is InChI=1S/C26H28BNO2/c1-25(2,3)15-7-9-20-18(11-15)27-19-12-16(26(4,5)6)8-10-21(19)30-23-14-17(28)13-22(29-20)24(23)27/h7-14H,28H2,1-6H3/i7D,8D,9D,10D,11D,12D,13D,14D. The zero-order valence-corrected chi connectivity index (χ0v) is 18.0. The summed E-state index contributed by atoms with van der Waals surface area (Å²) in [6, 6.07) is -1.54. The molecule has 30 heavy (non-hydrogen) atoms. The van der Waals surface area contributed by atoms with Crippen LogP contribution >= 0.6 is 0 Å². The van der Waals surface area contributed by atoms with Crippen molar-refractivity contribution in [2.75, 3.05) is 5.73 Å². The number of rotatable bonds is 0. The molecular weight excluding hydrogens is 369 g/mol. The molecule has 5 rings (SSSR count). The molecule has 152 valence electrons. The van der Waals surface area contributed by atoms with Crippen LogP contribution in [0.4, 0.5) is 5.69 Å². The van der Waals surface area contributed by atoms with E-state index < -0.39 is 17.5 Å². The predicted octanol–water partition coefficient (Wildman–Crippen LogP) is 4.59. The lowest BCUT2D eigenvalue weighted by molar-refractivity contribution is 0.464. The summed E-state index contributed by atoms with van der Waals surface area (Å²) in [7, 11) is 0. The molecule has 0 bridgehead atoms. The van der Waals surface area contributed by atoms with E-state index in [1.165, 1.54) is 0 Å². The van der Waals surface area contributed by atoms with Crippen molar-refractivity contribution < 1.29 is 20.4 Å². The Hall–Kier alpha value is -2.88. The summed E-state index contributed by atoms with van der Waals surface area (Å²) in [4.78, 5) is 0. The van der Waals surface area contributed by atoms with Gasteiger partial charge in [-0.3, -0.25) is 0 Å². The normalized spacial score (nSPS) is 18.0. The number of hydrogen-bond acceptors (Lipinski definition) is 3. The molecule has 2 aliphatic heterocycles. The molecular formula is C26H28BNO2. The Morgan fingerprint density at radius 1 is 0.700 bits per heavy atom. The second-order valence-electron chi connectivity index (χ2n) is 9.86. The minimum absolute atomic E-state index is 0.0453. The van der Waals surface area contributed by atoms with Crippen molar-refractivity contribution in [3.63, 3.8) is 0 Å². The van der Waals surface area contributed by atoms with Gasteiger partial charge in [-0.15, -0.1) is 0 Å². The Morgan fingerprint density at radius 2 is 1.13 bits per heavy atom. The maximum atomic E-state index is 9.23. The third-order valence-corrected chi connectivity index (χ3v) is 5.37. The lowest BCUT2D eigenvalue weighted by atomic mass is 9.34. The summed E-state index contributed by atoms with van der Waals surface area (Å²) in [5.41, 5.74) is 5.78. The van der Waals surface area contributed by atoms with Crippen molar-refractivity contribution >= 4 is 28.8 Å². The first kappa shape index (κ1) is 12.1. The lowest BCUT2D eigenvalue weighted by Gasteiger charge is -2.35. The van der Waals surface area contributed by atoms with Crippen molar-refractivity contribution in [3.05, 3.63) is 59.5 Å². The van der Waals surface area contributed by atoms with E-state index in [-0.39, 0.29) is 93.4 Å². The number of hydrogen-bond donors (Lipinski definition) is 1. The highest BCUT2D eigenvalue weighted by atomic mass is 16.5. The molecule has 3 aromatic rings. The number of nitrogen functional groups attached to an aromatic ring is 1. The Labute approximate surface area is 190 Å². The summed E-state index contributed by atoms with van der Waals surface area (Å²) in [6.07, 6.45) is 0. The highest BCUT2D eigenvalue weighted by Crippen LogP contribution is 2.38. The van der Waals surface area contributed by atoms with Gasteiger partial charge in [-0.1, -0.05) is 65.7 Å². The minimum atomic E-state index is -1.00. The van der Waals surface area contributed by atoms with Crippen LogP contribution in [0.2, 0.25) is 0 Å². The molecule has 0 radical (unpaired) electrons. The summed E-state index contributed by atoms with van der Waals surface area (Å²) in [5.74, 6) is -0.308. The van der Waals surface area contributed by atoms with Crippen molar-refractivity contribution in [2.24, 2.45) is 0 Å². The fourth-order valence-corrected chi connectivity index (χ4v) is 3.71. The summed E-state index contributed by atoms with van der Waals surface area (Å²) in [6.45, 7) is 10.1. The molecule has 0 saturated heterocycles. The van der Waals surface area contributed by atoms with Crippen LogP contribution in [0.5, 0.6) is 23.0 Å². The van der Waals surface area contributed by atoms with E-state index in [1.54, 1.807) is 0 Å². The average molecular weight is 405 g/mol. The third-order valence-electron chi connectivity index (χ3n) is 5.37. The Morgan fingerprint density at radius 3 is 1.53 bits per heavy atom. The first-order chi connectivity index (χ1) is 17.4. The van der Waals surface area contributed by atoms with Crippen LogP contribution in [0.3, 0.4) is 0 Å². The van der Waals surface area contributed by atoms with Gasteiger partial charge < -0.3 is 15.2 Å². The molecule has 4 heteroatoms. The van der Waals surface area contributed by atoms with Gasteiger partial charge in [-0.2, -0.15) is 0 Å². The highest BCUT2D eigenvalue weighted by molar-refractivity contribution is 6.98. The molecule has 0 atom stereocenters. The zero-order valence-electron chi connectivity index (χ0n) is 26.0. The summed E-state index contributed by atoms with van der Waals surface area (Å²) < 4.78 is 82.8. The third kappa shape index (κ3) is 2.89. The van der Waals surface area contributed by atoms with E-state index in [9.17, 15) is 2.74 Å². The van der Waals surface area contributed by atoms with Crippen molar-refractivity contribution in [3.8, 4) is 23.0 Å². The first-order valence-electron chi connectivity index (χ1n) is 14.0. The zero-order chi connectivity index (χ0) is 28.4. The number of anilines is 1. The Kier molecular flexibility index (Phi) is 2.45. The van der Waals surface area contributed by atoms with E-state index in [0.29, 0.717) is 11.1 Å². The number of fused-ring (bicyclic) bond motifs is 4. The second kappa shape index (κ2) is 6.07. The van der Waals surface area contributed by atoms with Gasteiger partial charge in [0, 0.05) is 23.2 Å². The van der Waals surface area contributed by atoms with Crippen LogP contribution in [0.15, 0.2) is 48.3 Å². The molecule has 0 spiro atoms. The molecule has 0 unspecified atom stereocenters. The van der Waals surface area contributed by atoms with Gasteiger partial charge in [-0.25, -0.2) is 0 Å². The molecule has 0 aliphatic carbocycles. The predicted molar refractivity (Wildman–Crippen MR) is 126 cm³/mol. The van der Waals surface area contributed by atoms with Gasteiger partial charge in [0.1, 0.15) is 23.0 Å². The summed E-state index contributed by atoms with van der Waals surface area (Å²) >= 11 is 0. The van der Waals surface area contributed by atoms with Crippen LogP contribution in [-0.2, 0) is 10.8 Å². The Balaban J connectivity index is 2.04. The minimum Gasteiger partial charge on any atom is -0.458 e. The van der Waals surface area contributed by atoms with E-state index in [1.807, 2.05) is 41.5 Å². The number of benzene rings is 3. The maximum absolute atomic E-state index is 9.23. The summed E-state index contributed by atoms with van der Waals surface area (Å²) in [5, 5.41) is 0. The van der Waals surface area contributed by atoms with Gasteiger partial charge in [0.2, 0.25) is 0 Å². The second-order valence-corrected chi connectivity index (χ2v) is 9.86. The molecule has 2 heterocycles. The van der Waals surface area contributed by atoms with Crippen LogP contribution < -0.4 is 31.6 Å². The SMILES string of the molecule is [2H]c1c([2H])c(C(C)(C)C)c([2H])c2c1Oc1c([2H])c(N)c([2H])c3c1B2c1c([2H])c(C(C)(C)C)c([2H])c([2H])c1O3. The monoisotopic (exact) mass is 405 g/mol. The van der Waals surface area contributed by atoms with Crippen molar-refractivity contribution in [2.45, 2.75) is 52.4 Å². The van der Waals surface area contributed by atoms with Crippen molar-refractivity contribution in [1.82, 2.24) is 0 Å². The molecule has 2 N–H and O–H groups in total. The van der Waals surface area contributed by atoms with E-state index >= 15 is 0 Å². The van der Waals surface area contributed by atoms with Crippen LogP contribution in [0.25, 0.3) is 0 Å². The van der Waals surface area contributed by atoms with Crippen molar-refractivity contribution in [1.29, 1.82) is 0 Å². The van der Waals surface area contributed by atoms with Gasteiger partial charge >= 0.3 is 0 Å². The maximum Gasteiger partial charge on any atom is 0.260 e. The molecule has 3 aromatic carbocycles. The van der Waals surface area contributed by atoms with E-state index in [0.717, 1.165) is 0 Å². The molecule has 3 nitrogen and oxygen atoms in total.